The molecule has 9 nitrogen and oxygen atoms in total. The number of H-pyrrole nitrogens is 1. The highest BCUT2D eigenvalue weighted by Gasteiger charge is 2.55. The van der Waals surface area contributed by atoms with Gasteiger partial charge in [0, 0.05) is 31.5 Å². The number of aliphatic hydroxyl groups is 1. The second-order valence-corrected chi connectivity index (χ2v) is 17.1. The number of aromatic amines is 1. The van der Waals surface area contributed by atoms with Gasteiger partial charge in [-0.1, -0.05) is 141 Å². The van der Waals surface area contributed by atoms with Gasteiger partial charge in [-0.2, -0.15) is 0 Å². The standard InChI is InChI=1S/C45H75IN2O7/c1-3-5-7-9-11-13-15-17-19-21-23-25-27-29-31-33-39(50)45(46,43-38(49)37-41(54-43)48-36-35-40(51)47-44(48)53)55-42(52)34-32-30-28-26-24-22-20-18-16-14-12-10-8-6-4-2/h17-20,35-36,38,41,43,49H,3-16,21-34,37H2,1-2H3,(H,47,51,53)/t38-,41+,43-,45?/m0/s1. The van der Waals surface area contributed by atoms with Crippen LogP contribution in [0.25, 0.3) is 0 Å². The number of aliphatic hydroxyl groups excluding tert-OH is 1. The van der Waals surface area contributed by atoms with Crippen LogP contribution in [-0.4, -0.2) is 42.2 Å². The quantitative estimate of drug-likeness (QED) is 0.0232. The highest BCUT2D eigenvalue weighted by Crippen LogP contribution is 2.41. The number of rotatable bonds is 34. The Labute approximate surface area is 346 Å². The minimum Gasteiger partial charge on any atom is -0.437 e. The van der Waals surface area contributed by atoms with Crippen molar-refractivity contribution < 1.29 is 24.2 Å². The molecule has 1 unspecified atom stereocenters. The number of hydrogen-bond donors (Lipinski definition) is 2. The largest absolute Gasteiger partial charge is 0.437 e. The molecule has 1 saturated heterocycles. The number of carbonyl (C=O) groups is 2. The molecule has 0 spiro atoms. The smallest absolute Gasteiger partial charge is 0.330 e. The molecule has 0 aromatic carbocycles. The average Bonchev–Trinajstić information content (AvgIpc) is 3.56. The Balaban J connectivity index is 1.79. The number of carbonyl (C=O) groups excluding carboxylic acids is 2. The lowest BCUT2D eigenvalue weighted by Gasteiger charge is -2.33. The molecule has 1 aliphatic rings. The lowest BCUT2D eigenvalue weighted by molar-refractivity contribution is -0.172. The van der Waals surface area contributed by atoms with Gasteiger partial charge >= 0.3 is 11.7 Å². The molecule has 314 valence electrons. The summed E-state index contributed by atoms with van der Waals surface area (Å²) in [5.41, 5.74) is -1.22. The summed E-state index contributed by atoms with van der Waals surface area (Å²) in [7, 11) is 0. The topological polar surface area (TPSA) is 128 Å². The van der Waals surface area contributed by atoms with Crippen LogP contribution >= 0.6 is 22.6 Å². The highest BCUT2D eigenvalue weighted by atomic mass is 127. The summed E-state index contributed by atoms with van der Waals surface area (Å²) in [4.78, 5) is 53.3. The van der Waals surface area contributed by atoms with Gasteiger partial charge in [-0.3, -0.25) is 23.9 Å². The van der Waals surface area contributed by atoms with E-state index in [1.165, 1.54) is 100 Å². The fraction of sp³-hybridized carbons (Fsp3) is 0.778. The van der Waals surface area contributed by atoms with Crippen molar-refractivity contribution in [2.75, 3.05) is 0 Å². The zero-order chi connectivity index (χ0) is 40.0. The van der Waals surface area contributed by atoms with Crippen LogP contribution in [0.2, 0.25) is 0 Å². The SMILES string of the molecule is CCCCCCCCC=CCCCCCCCC(=O)OC(I)(C(=O)CCCCCCCC=CCCCCCCCC)[C@H]1O[C@@H](n2ccc(=O)[nH]c2=O)C[C@@H]1O. The molecule has 0 radical (unpaired) electrons. The highest BCUT2D eigenvalue weighted by molar-refractivity contribution is 14.1. The molecule has 10 heteroatoms. The normalized spacial score (nSPS) is 18.4. The number of allylic oxidation sites excluding steroid dienone is 4. The number of halogens is 1. The molecular weight excluding hydrogens is 807 g/mol. The van der Waals surface area contributed by atoms with Crippen LogP contribution in [0.4, 0.5) is 0 Å². The zero-order valence-corrected chi connectivity index (χ0v) is 36.6. The second-order valence-electron chi connectivity index (χ2n) is 15.5. The van der Waals surface area contributed by atoms with Gasteiger partial charge in [0.2, 0.25) is 3.61 Å². The van der Waals surface area contributed by atoms with E-state index in [0.717, 1.165) is 70.6 Å². The van der Waals surface area contributed by atoms with Crippen LogP contribution in [0.15, 0.2) is 46.2 Å². The second kappa shape index (κ2) is 31.0. The van der Waals surface area contributed by atoms with Gasteiger partial charge in [0.15, 0.2) is 5.78 Å². The molecule has 2 heterocycles. The molecule has 0 aliphatic carbocycles. The summed E-state index contributed by atoms with van der Waals surface area (Å²) in [6, 6.07) is 1.20. The third-order valence-electron chi connectivity index (χ3n) is 10.6. The number of Topliss-reactive ketones (excluding diaryl/α,β-unsaturated/α-hetero) is 1. The first-order valence-corrected chi connectivity index (χ1v) is 23.2. The minimum atomic E-state index is -1.74. The molecule has 0 saturated carbocycles. The van der Waals surface area contributed by atoms with Gasteiger partial charge in [0.1, 0.15) is 12.3 Å². The number of aromatic nitrogens is 2. The number of ether oxygens (including phenoxy) is 2. The summed E-state index contributed by atoms with van der Waals surface area (Å²) >= 11 is 1.84. The number of nitrogens with one attached hydrogen (secondary N) is 1. The van der Waals surface area contributed by atoms with Crippen molar-refractivity contribution in [3.8, 4) is 0 Å². The molecule has 1 aromatic heterocycles. The van der Waals surface area contributed by atoms with Crippen LogP contribution in [0.3, 0.4) is 0 Å². The molecule has 1 aromatic rings. The van der Waals surface area contributed by atoms with E-state index in [4.69, 9.17) is 9.47 Å². The fourth-order valence-electron chi connectivity index (χ4n) is 7.17. The van der Waals surface area contributed by atoms with E-state index in [-0.39, 0.29) is 25.0 Å². The predicted octanol–water partition coefficient (Wildman–Crippen LogP) is 11.5. The average molecular weight is 883 g/mol. The molecule has 1 fully saturated rings. The first-order chi connectivity index (χ1) is 26.7. The molecule has 2 rings (SSSR count). The molecule has 55 heavy (non-hydrogen) atoms. The van der Waals surface area contributed by atoms with Crippen molar-refractivity contribution >= 4 is 34.3 Å². The van der Waals surface area contributed by atoms with Crippen LogP contribution in [0.1, 0.15) is 206 Å². The van der Waals surface area contributed by atoms with Crippen molar-refractivity contribution in [1.29, 1.82) is 0 Å². The molecule has 2 N–H and O–H groups in total. The van der Waals surface area contributed by atoms with Crippen molar-refractivity contribution in [2.45, 2.75) is 222 Å². The molecule has 1 aliphatic heterocycles. The van der Waals surface area contributed by atoms with Gasteiger partial charge in [0.25, 0.3) is 5.56 Å². The Morgan fingerprint density at radius 3 is 1.65 bits per heavy atom. The van der Waals surface area contributed by atoms with Crippen LogP contribution < -0.4 is 11.2 Å². The van der Waals surface area contributed by atoms with Crippen LogP contribution in [0, 0.1) is 0 Å². The maximum atomic E-state index is 13.8. The van der Waals surface area contributed by atoms with Gasteiger partial charge in [-0.05, 0) is 86.8 Å². The monoisotopic (exact) mass is 882 g/mol. The van der Waals surface area contributed by atoms with Crippen molar-refractivity contribution in [3.63, 3.8) is 0 Å². The molecule has 4 atom stereocenters. The third kappa shape index (κ3) is 21.3. The van der Waals surface area contributed by atoms with E-state index >= 15 is 0 Å². The third-order valence-corrected chi connectivity index (χ3v) is 12.0. The number of ketones is 1. The Hall–Kier alpha value is -2.05. The van der Waals surface area contributed by atoms with E-state index in [2.05, 4.69) is 43.1 Å². The van der Waals surface area contributed by atoms with Crippen LogP contribution in [-0.2, 0) is 19.1 Å². The first-order valence-electron chi connectivity index (χ1n) is 22.1. The zero-order valence-electron chi connectivity index (χ0n) is 34.4. The lowest BCUT2D eigenvalue weighted by Crippen LogP contribution is -2.51. The van der Waals surface area contributed by atoms with E-state index in [1.807, 2.05) is 22.6 Å². The Kier molecular flexibility index (Phi) is 27.7. The summed E-state index contributed by atoms with van der Waals surface area (Å²) < 4.78 is 11.5. The van der Waals surface area contributed by atoms with E-state index in [9.17, 15) is 24.3 Å². The maximum absolute atomic E-state index is 13.8. The van der Waals surface area contributed by atoms with Crippen LogP contribution in [0.5, 0.6) is 0 Å². The first kappa shape index (κ1) is 49.1. The van der Waals surface area contributed by atoms with E-state index < -0.39 is 39.3 Å². The summed E-state index contributed by atoms with van der Waals surface area (Å²) in [6.45, 7) is 4.49. The fourth-order valence-corrected chi connectivity index (χ4v) is 8.25. The van der Waals surface area contributed by atoms with Gasteiger partial charge in [0.05, 0.1) is 6.10 Å². The number of esters is 1. The van der Waals surface area contributed by atoms with Crippen molar-refractivity contribution in [2.24, 2.45) is 0 Å². The van der Waals surface area contributed by atoms with Gasteiger partial charge in [-0.15, -0.1) is 0 Å². The molecule has 0 bridgehead atoms. The minimum absolute atomic E-state index is 0.00778. The van der Waals surface area contributed by atoms with Gasteiger partial charge in [-0.25, -0.2) is 4.79 Å². The van der Waals surface area contributed by atoms with Crippen molar-refractivity contribution in [3.05, 3.63) is 57.4 Å². The lowest BCUT2D eigenvalue weighted by atomic mass is 9.99. The summed E-state index contributed by atoms with van der Waals surface area (Å²) in [6.07, 6.45) is 37.6. The number of nitrogens with zero attached hydrogens (tertiary/aromatic N) is 1. The maximum Gasteiger partial charge on any atom is 0.330 e. The Morgan fingerprint density at radius 1 is 0.745 bits per heavy atom. The Morgan fingerprint density at radius 2 is 1.18 bits per heavy atom. The molecular formula is C45H75IN2O7. The van der Waals surface area contributed by atoms with E-state index in [1.54, 1.807) is 0 Å². The molecule has 0 amide bonds. The number of hydrogen-bond acceptors (Lipinski definition) is 7. The van der Waals surface area contributed by atoms with E-state index in [0.29, 0.717) is 12.8 Å². The van der Waals surface area contributed by atoms with Crippen molar-refractivity contribution in [1.82, 2.24) is 9.55 Å². The predicted molar refractivity (Wildman–Crippen MR) is 233 cm³/mol. The Bertz CT molecular complexity index is 1340. The summed E-state index contributed by atoms with van der Waals surface area (Å²) in [5, 5.41) is 11.1. The summed E-state index contributed by atoms with van der Waals surface area (Å²) in [5.74, 6) is -0.799. The number of alkyl halides is 1. The van der Waals surface area contributed by atoms with Gasteiger partial charge < -0.3 is 14.6 Å². The number of unbranched alkanes of at least 4 members (excludes halogenated alkanes) is 22.